The molecule has 0 aliphatic carbocycles. The monoisotopic (exact) mass is 351 g/mol. The molecule has 1 aromatic carbocycles. The maximum atomic E-state index is 12.6. The van der Waals surface area contributed by atoms with E-state index in [1.807, 2.05) is 32.0 Å². The van der Waals surface area contributed by atoms with Gasteiger partial charge in [0.05, 0.1) is 5.41 Å². The van der Waals surface area contributed by atoms with E-state index in [0.29, 0.717) is 18.1 Å². The predicted molar refractivity (Wildman–Crippen MR) is 103 cm³/mol. The molecule has 0 bridgehead atoms. The van der Waals surface area contributed by atoms with Crippen LogP contribution in [-0.2, 0) is 16.6 Å². The van der Waals surface area contributed by atoms with Crippen LogP contribution in [0, 0.1) is 5.41 Å². The fourth-order valence-corrected chi connectivity index (χ4v) is 2.70. The maximum absolute atomic E-state index is 12.6. The molecule has 0 unspecified atom stereocenters. The van der Waals surface area contributed by atoms with Gasteiger partial charge in [-0.1, -0.05) is 46.8 Å². The molecule has 0 aliphatic heterocycles. The Hall–Kier alpha value is -2.69. The van der Waals surface area contributed by atoms with E-state index in [-0.39, 0.29) is 11.3 Å². The molecule has 5 heteroatoms. The lowest BCUT2D eigenvalue weighted by Gasteiger charge is -2.21. The number of amides is 1. The van der Waals surface area contributed by atoms with Crippen molar-refractivity contribution in [2.24, 2.45) is 5.41 Å². The number of anilines is 1. The molecular weight excluding hydrogens is 326 g/mol. The topological polar surface area (TPSA) is 68.0 Å². The van der Waals surface area contributed by atoms with E-state index in [1.165, 1.54) is 5.56 Å². The molecule has 0 saturated heterocycles. The quantitative estimate of drug-likeness (QED) is 0.738. The molecule has 0 fully saturated rings. The zero-order chi connectivity index (χ0) is 18.9. The predicted octanol–water partition coefficient (Wildman–Crippen LogP) is 4.73. The van der Waals surface area contributed by atoms with Crippen molar-refractivity contribution in [1.82, 2.24) is 9.97 Å². The summed E-state index contributed by atoms with van der Waals surface area (Å²) in [5.74, 6) is 0.985. The Bertz CT molecular complexity index is 921. The number of benzene rings is 1. The number of pyridine rings is 1. The first-order chi connectivity index (χ1) is 12.1. The molecule has 1 amide bonds. The van der Waals surface area contributed by atoms with Crippen molar-refractivity contribution in [2.45, 2.75) is 46.5 Å². The second-order valence-corrected chi connectivity index (χ2v) is 8.27. The van der Waals surface area contributed by atoms with Crippen LogP contribution in [0.3, 0.4) is 0 Å². The minimum atomic E-state index is -0.675. The van der Waals surface area contributed by atoms with Gasteiger partial charge in [0, 0.05) is 12.6 Å². The number of hydrogen-bond acceptors (Lipinski definition) is 4. The fraction of sp³-hybridized carbons (Fsp3) is 0.381. The number of nitrogens with zero attached hydrogens (tertiary/aromatic N) is 2. The number of carbonyl (C=O) groups excluding carboxylic acids is 1. The average Bonchev–Trinajstić information content (AvgIpc) is 2.95. The number of nitrogens with one attached hydrogen (secondary N) is 1. The third-order valence-electron chi connectivity index (χ3n) is 4.41. The van der Waals surface area contributed by atoms with Crippen LogP contribution >= 0.6 is 0 Å². The molecule has 3 rings (SSSR count). The van der Waals surface area contributed by atoms with E-state index in [1.54, 1.807) is 12.3 Å². The second-order valence-electron chi connectivity index (χ2n) is 8.27. The molecule has 0 radical (unpaired) electrons. The standard InChI is InChI=1S/C21H25N3O2/c1-20(2,3)14-9-10-16-15(12-14)23-18(26-16)13-21(4,5)19(25)24-17-8-6-7-11-22-17/h6-12H,13H2,1-5H3,(H,22,24,25). The first-order valence-corrected chi connectivity index (χ1v) is 8.78. The highest BCUT2D eigenvalue weighted by atomic mass is 16.3. The van der Waals surface area contributed by atoms with Gasteiger partial charge in [-0.2, -0.15) is 0 Å². The van der Waals surface area contributed by atoms with Gasteiger partial charge in [-0.15, -0.1) is 0 Å². The number of oxazole rings is 1. The molecular formula is C21H25N3O2. The molecule has 0 saturated carbocycles. The van der Waals surface area contributed by atoms with E-state index in [4.69, 9.17) is 4.42 Å². The van der Waals surface area contributed by atoms with Gasteiger partial charge in [0.1, 0.15) is 11.3 Å². The van der Waals surface area contributed by atoms with Crippen molar-refractivity contribution in [3.63, 3.8) is 0 Å². The largest absolute Gasteiger partial charge is 0.441 e. The van der Waals surface area contributed by atoms with Gasteiger partial charge in [-0.05, 0) is 35.2 Å². The molecule has 0 spiro atoms. The summed E-state index contributed by atoms with van der Waals surface area (Å²) in [6, 6.07) is 11.5. The summed E-state index contributed by atoms with van der Waals surface area (Å²) in [6.45, 7) is 10.3. The SMILES string of the molecule is CC(C)(Cc1nc2cc(C(C)(C)C)ccc2o1)C(=O)Nc1ccccn1. The van der Waals surface area contributed by atoms with E-state index < -0.39 is 5.41 Å². The molecule has 136 valence electrons. The Morgan fingerprint density at radius 2 is 1.88 bits per heavy atom. The Kier molecular flexibility index (Phi) is 4.57. The molecule has 2 heterocycles. The lowest BCUT2D eigenvalue weighted by atomic mass is 9.87. The molecule has 0 aliphatic rings. The van der Waals surface area contributed by atoms with Gasteiger partial charge in [0.25, 0.3) is 0 Å². The lowest BCUT2D eigenvalue weighted by Crippen LogP contribution is -2.33. The Labute approximate surface area is 153 Å². The normalized spacial score (nSPS) is 12.3. The van der Waals surface area contributed by atoms with Crippen molar-refractivity contribution in [2.75, 3.05) is 5.32 Å². The summed E-state index contributed by atoms with van der Waals surface area (Å²) in [5, 5.41) is 2.85. The molecule has 1 N–H and O–H groups in total. The van der Waals surface area contributed by atoms with Crippen LogP contribution in [0.15, 0.2) is 47.0 Å². The Morgan fingerprint density at radius 3 is 2.54 bits per heavy atom. The molecule has 0 atom stereocenters. The van der Waals surface area contributed by atoms with Crippen LogP contribution < -0.4 is 5.32 Å². The zero-order valence-corrected chi connectivity index (χ0v) is 16.0. The van der Waals surface area contributed by atoms with Crippen LogP contribution in [0.5, 0.6) is 0 Å². The minimum absolute atomic E-state index is 0.0507. The van der Waals surface area contributed by atoms with Crippen molar-refractivity contribution in [3.05, 3.63) is 54.0 Å². The summed E-state index contributed by atoms with van der Waals surface area (Å²) < 4.78 is 5.87. The first kappa shape index (κ1) is 18.1. The smallest absolute Gasteiger partial charge is 0.231 e. The third kappa shape index (κ3) is 3.93. The average molecular weight is 351 g/mol. The molecule has 2 aromatic heterocycles. The molecule has 26 heavy (non-hydrogen) atoms. The highest BCUT2D eigenvalue weighted by Crippen LogP contribution is 2.29. The molecule has 3 aromatic rings. The zero-order valence-electron chi connectivity index (χ0n) is 16.0. The number of aromatic nitrogens is 2. The van der Waals surface area contributed by atoms with Crippen molar-refractivity contribution >= 4 is 22.8 Å². The Balaban J connectivity index is 1.79. The number of rotatable bonds is 4. The third-order valence-corrected chi connectivity index (χ3v) is 4.41. The van der Waals surface area contributed by atoms with Crippen molar-refractivity contribution in [1.29, 1.82) is 0 Å². The second kappa shape index (κ2) is 6.56. The van der Waals surface area contributed by atoms with E-state index in [9.17, 15) is 4.79 Å². The van der Waals surface area contributed by atoms with Crippen LogP contribution in [0.1, 0.15) is 46.1 Å². The fourth-order valence-electron chi connectivity index (χ4n) is 2.70. The highest BCUT2D eigenvalue weighted by molar-refractivity contribution is 5.94. The van der Waals surface area contributed by atoms with Crippen molar-refractivity contribution in [3.8, 4) is 0 Å². The van der Waals surface area contributed by atoms with Gasteiger partial charge in [0.15, 0.2) is 11.5 Å². The highest BCUT2D eigenvalue weighted by Gasteiger charge is 2.30. The van der Waals surface area contributed by atoms with Gasteiger partial charge >= 0.3 is 0 Å². The van der Waals surface area contributed by atoms with Gasteiger partial charge in [-0.3, -0.25) is 4.79 Å². The maximum Gasteiger partial charge on any atom is 0.231 e. The van der Waals surface area contributed by atoms with E-state index >= 15 is 0 Å². The van der Waals surface area contributed by atoms with Crippen molar-refractivity contribution < 1.29 is 9.21 Å². The van der Waals surface area contributed by atoms with Gasteiger partial charge in [0.2, 0.25) is 5.91 Å². The minimum Gasteiger partial charge on any atom is -0.441 e. The number of carbonyl (C=O) groups is 1. The van der Waals surface area contributed by atoms with Crippen LogP contribution in [-0.4, -0.2) is 15.9 Å². The summed E-state index contributed by atoms with van der Waals surface area (Å²) in [5.41, 5.74) is 2.15. The summed E-state index contributed by atoms with van der Waals surface area (Å²) in [6.07, 6.45) is 2.06. The summed E-state index contributed by atoms with van der Waals surface area (Å²) in [7, 11) is 0. The van der Waals surface area contributed by atoms with Crippen LogP contribution in [0.25, 0.3) is 11.1 Å². The van der Waals surface area contributed by atoms with Crippen LogP contribution in [0.2, 0.25) is 0 Å². The summed E-state index contributed by atoms with van der Waals surface area (Å²) >= 11 is 0. The van der Waals surface area contributed by atoms with E-state index in [0.717, 1.165) is 11.1 Å². The first-order valence-electron chi connectivity index (χ1n) is 8.78. The lowest BCUT2D eigenvalue weighted by molar-refractivity contribution is -0.124. The van der Waals surface area contributed by atoms with Crippen LogP contribution in [0.4, 0.5) is 5.82 Å². The molecule has 5 nitrogen and oxygen atoms in total. The van der Waals surface area contributed by atoms with Gasteiger partial charge in [-0.25, -0.2) is 9.97 Å². The number of fused-ring (bicyclic) bond motifs is 1. The number of hydrogen-bond donors (Lipinski definition) is 1. The Morgan fingerprint density at radius 1 is 1.12 bits per heavy atom. The summed E-state index contributed by atoms with van der Waals surface area (Å²) in [4.78, 5) is 21.4. The van der Waals surface area contributed by atoms with Gasteiger partial charge < -0.3 is 9.73 Å². The van der Waals surface area contributed by atoms with E-state index in [2.05, 4.69) is 48.2 Å².